The van der Waals surface area contributed by atoms with Crippen molar-refractivity contribution in [3.8, 4) is 0 Å². The highest BCUT2D eigenvalue weighted by molar-refractivity contribution is 9.10. The molecular weight excluding hydrogens is 259 g/mol. The molecule has 1 nitrogen and oxygen atoms in total. The Morgan fingerprint density at radius 3 is 2.67 bits per heavy atom. The summed E-state index contributed by atoms with van der Waals surface area (Å²) in [7, 11) is 0. The molecule has 1 aliphatic rings. The van der Waals surface area contributed by atoms with Crippen LogP contribution in [0.15, 0.2) is 28.7 Å². The number of rotatable bonds is 1. The van der Waals surface area contributed by atoms with Crippen LogP contribution in [0, 0.1) is 0 Å². The lowest BCUT2D eigenvalue weighted by Gasteiger charge is -2.29. The Morgan fingerprint density at radius 1 is 1.27 bits per heavy atom. The van der Waals surface area contributed by atoms with Gasteiger partial charge in [0.2, 0.25) is 0 Å². The van der Waals surface area contributed by atoms with Crippen LogP contribution in [-0.2, 0) is 10.5 Å². The van der Waals surface area contributed by atoms with Gasteiger partial charge >= 0.3 is 0 Å². The van der Waals surface area contributed by atoms with Crippen LogP contribution in [0.3, 0.4) is 0 Å². The Labute approximate surface area is 96.8 Å². The number of hydrogen-bond donors (Lipinski definition) is 0. The van der Waals surface area contributed by atoms with E-state index in [2.05, 4.69) is 15.9 Å². The Kier molecular flexibility index (Phi) is 2.91. The van der Waals surface area contributed by atoms with Crippen LogP contribution < -0.4 is 0 Å². The van der Waals surface area contributed by atoms with Gasteiger partial charge in [0.15, 0.2) is 11.5 Å². The van der Waals surface area contributed by atoms with E-state index in [0.717, 1.165) is 12.8 Å². The maximum absolute atomic E-state index is 14.6. The molecule has 0 N–H and O–H groups in total. The van der Waals surface area contributed by atoms with Gasteiger partial charge in [-0.2, -0.15) is 0 Å². The number of alkyl halides is 1. The van der Waals surface area contributed by atoms with Crippen molar-refractivity contribution in [1.29, 1.82) is 0 Å². The van der Waals surface area contributed by atoms with Crippen molar-refractivity contribution >= 4 is 21.7 Å². The van der Waals surface area contributed by atoms with E-state index in [1.165, 1.54) is 0 Å². The first-order valence-corrected chi connectivity index (χ1v) is 5.91. The topological polar surface area (TPSA) is 17.1 Å². The predicted molar refractivity (Wildman–Crippen MR) is 60.4 cm³/mol. The fraction of sp³-hybridized carbons (Fsp3) is 0.417. The summed E-state index contributed by atoms with van der Waals surface area (Å²) in [5.41, 5.74) is -1.28. The van der Waals surface area contributed by atoms with Gasteiger partial charge in [0.05, 0.1) is 0 Å². The average molecular weight is 271 g/mol. The van der Waals surface area contributed by atoms with Crippen LogP contribution in [-0.4, -0.2) is 5.78 Å². The van der Waals surface area contributed by atoms with Gasteiger partial charge in [-0.1, -0.05) is 34.1 Å². The molecule has 0 saturated heterocycles. The fourth-order valence-electron chi connectivity index (χ4n) is 2.06. The smallest absolute Gasteiger partial charge is 0.194 e. The van der Waals surface area contributed by atoms with Gasteiger partial charge in [-0.05, 0) is 25.3 Å². The van der Waals surface area contributed by atoms with E-state index in [1.807, 2.05) is 6.07 Å². The number of Topliss-reactive ketones (excluding diaryl/α,β-unsaturated/α-hetero) is 1. The third kappa shape index (κ3) is 1.85. The molecule has 1 aliphatic carbocycles. The summed E-state index contributed by atoms with van der Waals surface area (Å²) >= 11 is 3.30. The minimum absolute atomic E-state index is 0.277. The molecule has 2 rings (SSSR count). The number of carbonyl (C=O) groups is 1. The molecule has 0 aromatic heterocycles. The second-order valence-corrected chi connectivity index (χ2v) is 4.77. The summed E-state index contributed by atoms with van der Waals surface area (Å²) in [4.78, 5) is 11.7. The maximum atomic E-state index is 14.6. The second kappa shape index (κ2) is 4.05. The van der Waals surface area contributed by atoms with Crippen molar-refractivity contribution in [2.75, 3.05) is 0 Å². The zero-order chi connectivity index (χ0) is 10.9. The third-order valence-corrected chi connectivity index (χ3v) is 3.61. The first-order chi connectivity index (χ1) is 7.14. The Hall–Kier alpha value is -0.700. The Balaban J connectivity index is 2.44. The number of ketones is 1. The molecular formula is C12H12BrFO. The van der Waals surface area contributed by atoms with Crippen molar-refractivity contribution in [1.82, 2.24) is 0 Å². The summed E-state index contributed by atoms with van der Waals surface area (Å²) in [6.07, 6.45) is 2.27. The van der Waals surface area contributed by atoms with E-state index in [-0.39, 0.29) is 5.78 Å². The SMILES string of the molecule is O=C1CCCCC1(F)c1ccccc1Br. The molecule has 1 fully saturated rings. The largest absolute Gasteiger partial charge is 0.296 e. The lowest BCUT2D eigenvalue weighted by molar-refractivity contribution is -0.134. The van der Waals surface area contributed by atoms with E-state index in [4.69, 9.17) is 0 Å². The lowest BCUT2D eigenvalue weighted by atomic mass is 9.80. The van der Waals surface area contributed by atoms with E-state index in [0.29, 0.717) is 22.9 Å². The van der Waals surface area contributed by atoms with Crippen LogP contribution in [0.1, 0.15) is 31.2 Å². The summed E-state index contributed by atoms with van der Waals surface area (Å²) in [6, 6.07) is 7.05. The van der Waals surface area contributed by atoms with Gasteiger partial charge in [-0.3, -0.25) is 4.79 Å². The molecule has 3 heteroatoms. The highest BCUT2D eigenvalue weighted by Gasteiger charge is 2.42. The van der Waals surface area contributed by atoms with Gasteiger partial charge in [-0.25, -0.2) is 4.39 Å². The molecule has 0 aliphatic heterocycles. The van der Waals surface area contributed by atoms with Gasteiger partial charge in [0.1, 0.15) is 0 Å². The average Bonchev–Trinajstić information content (AvgIpc) is 2.23. The molecule has 1 atom stereocenters. The highest BCUT2D eigenvalue weighted by Crippen LogP contribution is 2.41. The normalized spacial score (nSPS) is 26.7. The molecule has 0 amide bonds. The maximum Gasteiger partial charge on any atom is 0.194 e. The zero-order valence-electron chi connectivity index (χ0n) is 8.30. The van der Waals surface area contributed by atoms with Crippen molar-refractivity contribution in [2.24, 2.45) is 0 Å². The fourth-order valence-corrected chi connectivity index (χ4v) is 2.66. The van der Waals surface area contributed by atoms with Crippen molar-refractivity contribution < 1.29 is 9.18 Å². The summed E-state index contributed by atoms with van der Waals surface area (Å²) in [6.45, 7) is 0. The van der Waals surface area contributed by atoms with Gasteiger partial charge in [0.25, 0.3) is 0 Å². The second-order valence-electron chi connectivity index (χ2n) is 3.91. The van der Waals surface area contributed by atoms with Crippen molar-refractivity contribution in [3.63, 3.8) is 0 Å². The molecule has 0 heterocycles. The molecule has 80 valence electrons. The standard InChI is InChI=1S/C12H12BrFO/c13-10-6-2-1-5-9(10)12(14)8-4-3-7-11(12)15/h1-2,5-6H,3-4,7-8H2. The number of carbonyl (C=O) groups excluding carboxylic acids is 1. The van der Waals surface area contributed by atoms with Gasteiger partial charge < -0.3 is 0 Å². The highest BCUT2D eigenvalue weighted by atomic mass is 79.9. The molecule has 0 spiro atoms. The number of benzene rings is 1. The third-order valence-electron chi connectivity index (χ3n) is 2.92. The Morgan fingerprint density at radius 2 is 2.00 bits per heavy atom. The van der Waals surface area contributed by atoms with Gasteiger partial charge in [0, 0.05) is 16.5 Å². The van der Waals surface area contributed by atoms with E-state index < -0.39 is 5.67 Å². The summed E-state index contributed by atoms with van der Waals surface area (Å²) in [5.74, 6) is -0.277. The van der Waals surface area contributed by atoms with Crippen molar-refractivity contribution in [2.45, 2.75) is 31.4 Å². The van der Waals surface area contributed by atoms with Gasteiger partial charge in [-0.15, -0.1) is 0 Å². The molecule has 1 saturated carbocycles. The minimum atomic E-state index is -1.77. The monoisotopic (exact) mass is 270 g/mol. The Bertz CT molecular complexity index is 391. The van der Waals surface area contributed by atoms with Crippen LogP contribution in [0.2, 0.25) is 0 Å². The van der Waals surface area contributed by atoms with Crippen molar-refractivity contribution in [3.05, 3.63) is 34.3 Å². The first-order valence-electron chi connectivity index (χ1n) is 5.12. The van der Waals surface area contributed by atoms with Crippen LogP contribution in [0.5, 0.6) is 0 Å². The molecule has 1 aromatic rings. The summed E-state index contributed by atoms with van der Waals surface area (Å²) in [5, 5.41) is 0. The molecule has 1 aromatic carbocycles. The van der Waals surface area contributed by atoms with Crippen LogP contribution in [0.4, 0.5) is 4.39 Å². The summed E-state index contributed by atoms with van der Waals surface area (Å²) < 4.78 is 15.3. The van der Waals surface area contributed by atoms with E-state index in [9.17, 15) is 9.18 Å². The first kappa shape index (κ1) is 10.8. The van der Waals surface area contributed by atoms with E-state index in [1.54, 1.807) is 18.2 Å². The quantitative estimate of drug-likeness (QED) is 0.760. The molecule has 15 heavy (non-hydrogen) atoms. The van der Waals surface area contributed by atoms with Crippen LogP contribution in [0.25, 0.3) is 0 Å². The lowest BCUT2D eigenvalue weighted by Crippen LogP contribution is -2.34. The minimum Gasteiger partial charge on any atom is -0.296 e. The molecule has 0 radical (unpaired) electrons. The van der Waals surface area contributed by atoms with E-state index >= 15 is 0 Å². The number of hydrogen-bond acceptors (Lipinski definition) is 1. The zero-order valence-corrected chi connectivity index (χ0v) is 9.89. The molecule has 1 unspecified atom stereocenters. The predicted octanol–water partition coefficient (Wildman–Crippen LogP) is 3.76. The molecule has 0 bridgehead atoms. The van der Waals surface area contributed by atoms with Crippen LogP contribution >= 0.6 is 15.9 Å². The number of halogens is 2.